The molecule has 0 saturated carbocycles. The van der Waals surface area contributed by atoms with Gasteiger partial charge >= 0.3 is 8.69 Å². The van der Waals surface area contributed by atoms with Crippen molar-refractivity contribution in [1.82, 2.24) is 10.3 Å². The lowest BCUT2D eigenvalue weighted by atomic mass is 9.93. The fourth-order valence-electron chi connectivity index (χ4n) is 3.58. The molecule has 1 aromatic heterocycles. The number of aromatic nitrogens is 1. The van der Waals surface area contributed by atoms with E-state index in [4.69, 9.17) is 14.7 Å². The number of hydrogen-bond acceptors (Lipinski definition) is 5. The first-order valence-electron chi connectivity index (χ1n) is 10.8. The fourth-order valence-corrected chi connectivity index (χ4v) is 3.58. The summed E-state index contributed by atoms with van der Waals surface area (Å²) in [5.41, 5.74) is 5.40. The number of aryl methyl sites for hydroxylation is 1. The lowest BCUT2D eigenvalue weighted by molar-refractivity contribution is -0.120. The Morgan fingerprint density at radius 2 is 1.84 bits per heavy atom. The number of pyridine rings is 1. The van der Waals surface area contributed by atoms with Crippen LogP contribution in [0.1, 0.15) is 37.3 Å². The van der Waals surface area contributed by atoms with E-state index in [9.17, 15) is 4.79 Å². The van der Waals surface area contributed by atoms with Crippen LogP contribution >= 0.6 is 8.69 Å². The lowest BCUT2D eigenvalue weighted by Crippen LogP contribution is -2.26. The largest absolute Gasteiger partial charge is 0.396 e. The molecule has 1 heterocycles. The van der Waals surface area contributed by atoms with E-state index in [-0.39, 0.29) is 21.2 Å². The standard InChI is InChI=1S/C24H28N2O2.CH3O2P/c1-2-9-19-12-8-13-21-23(18-10-4-3-5-11-18)20(17-26-24(19)21)16-22(28)25-14-6-7-15-27;1-3-4-2/h3-5,8,10-13,17,27H,2,6-7,9,14-16H2,1H3,(H,25,28);1H3. The second kappa shape index (κ2) is 14.4. The number of amides is 1. The number of benzene rings is 2. The molecule has 2 N–H and O–H groups in total. The molecule has 0 atom stereocenters. The van der Waals surface area contributed by atoms with Gasteiger partial charge in [-0.25, -0.2) is 4.57 Å². The van der Waals surface area contributed by atoms with E-state index in [1.54, 1.807) is 0 Å². The van der Waals surface area contributed by atoms with Gasteiger partial charge in [-0.05, 0) is 41.5 Å². The van der Waals surface area contributed by atoms with Crippen molar-refractivity contribution >= 4 is 25.5 Å². The summed E-state index contributed by atoms with van der Waals surface area (Å²) in [6.45, 7) is 2.91. The minimum Gasteiger partial charge on any atom is -0.396 e. The van der Waals surface area contributed by atoms with Crippen LogP contribution < -0.4 is 5.32 Å². The van der Waals surface area contributed by atoms with E-state index in [0.29, 0.717) is 19.4 Å². The van der Waals surface area contributed by atoms with Crippen molar-refractivity contribution in [3.63, 3.8) is 0 Å². The molecular weight excluding hydrogens is 423 g/mol. The number of aliphatic hydroxyl groups excluding tert-OH is 1. The topological polar surface area (TPSA) is 88.5 Å². The number of unbranched alkanes of at least 4 members (excludes halogenated alkanes) is 1. The van der Waals surface area contributed by atoms with E-state index in [1.807, 2.05) is 24.4 Å². The van der Waals surface area contributed by atoms with Crippen molar-refractivity contribution in [3.8, 4) is 11.1 Å². The highest BCUT2D eigenvalue weighted by molar-refractivity contribution is 7.17. The number of para-hydroxylation sites is 1. The Balaban J connectivity index is 0.000000837. The zero-order chi connectivity index (χ0) is 23.2. The van der Waals surface area contributed by atoms with Crippen molar-refractivity contribution in [2.75, 3.05) is 20.3 Å². The van der Waals surface area contributed by atoms with Gasteiger partial charge in [-0.3, -0.25) is 14.3 Å². The quantitative estimate of drug-likeness (QED) is 0.328. The number of hydrogen-bond donors (Lipinski definition) is 2. The molecule has 3 aromatic rings. The number of rotatable bonds is 10. The highest BCUT2D eigenvalue weighted by Crippen LogP contribution is 2.33. The van der Waals surface area contributed by atoms with Crippen LogP contribution in [0, 0.1) is 0 Å². The Bertz CT molecular complexity index is 996. The molecular formula is C25H31N2O4P. The van der Waals surface area contributed by atoms with Crippen LogP contribution in [0.3, 0.4) is 0 Å². The number of aliphatic hydroxyl groups is 1. The molecule has 0 radical (unpaired) electrons. The Morgan fingerprint density at radius 1 is 1.09 bits per heavy atom. The van der Waals surface area contributed by atoms with Gasteiger partial charge in [-0.1, -0.05) is 61.9 Å². The second-order valence-electron chi connectivity index (χ2n) is 7.30. The molecule has 0 aliphatic rings. The molecule has 2 aromatic carbocycles. The maximum absolute atomic E-state index is 12.5. The number of fused-ring (bicyclic) bond motifs is 1. The summed E-state index contributed by atoms with van der Waals surface area (Å²) < 4.78 is 13.0. The summed E-state index contributed by atoms with van der Waals surface area (Å²) in [7, 11) is 1.10. The molecule has 0 saturated heterocycles. The monoisotopic (exact) mass is 454 g/mol. The summed E-state index contributed by atoms with van der Waals surface area (Å²) in [5.74, 6) is -0.0130. The number of carbonyl (C=O) groups excluding carboxylic acids is 1. The van der Waals surface area contributed by atoms with Gasteiger partial charge in [-0.2, -0.15) is 0 Å². The number of nitrogens with zero attached hydrogens (tertiary/aromatic N) is 1. The van der Waals surface area contributed by atoms with E-state index in [1.165, 1.54) is 12.7 Å². The highest BCUT2D eigenvalue weighted by atomic mass is 31.1. The maximum atomic E-state index is 12.5. The Hall–Kier alpha value is -2.66. The average Bonchev–Trinajstić information content (AvgIpc) is 2.83. The van der Waals surface area contributed by atoms with Crippen LogP contribution in [0.2, 0.25) is 0 Å². The van der Waals surface area contributed by atoms with Crippen molar-refractivity contribution < 1.29 is 19.0 Å². The van der Waals surface area contributed by atoms with Crippen LogP contribution in [-0.2, 0) is 26.7 Å². The van der Waals surface area contributed by atoms with Crippen molar-refractivity contribution in [2.24, 2.45) is 0 Å². The Morgan fingerprint density at radius 3 is 2.50 bits per heavy atom. The molecule has 3 rings (SSSR count). The van der Waals surface area contributed by atoms with Crippen LogP contribution in [0.25, 0.3) is 22.0 Å². The van der Waals surface area contributed by atoms with E-state index >= 15 is 0 Å². The lowest BCUT2D eigenvalue weighted by Gasteiger charge is -2.15. The molecule has 32 heavy (non-hydrogen) atoms. The van der Waals surface area contributed by atoms with Gasteiger partial charge in [0.05, 0.1) is 11.9 Å². The Kier molecular flexibility index (Phi) is 11.5. The minimum atomic E-state index is -0.252. The summed E-state index contributed by atoms with van der Waals surface area (Å²) >= 11 is 0. The first-order chi connectivity index (χ1) is 15.7. The summed E-state index contributed by atoms with van der Waals surface area (Å²) in [6.07, 6.45) is 5.70. The summed E-state index contributed by atoms with van der Waals surface area (Å²) in [4.78, 5) is 17.2. The zero-order valence-corrected chi connectivity index (χ0v) is 19.6. The van der Waals surface area contributed by atoms with Gasteiger partial charge < -0.3 is 10.4 Å². The van der Waals surface area contributed by atoms with Gasteiger partial charge in [0.25, 0.3) is 0 Å². The van der Waals surface area contributed by atoms with E-state index in [2.05, 4.69) is 47.1 Å². The average molecular weight is 455 g/mol. The third kappa shape index (κ3) is 7.49. The van der Waals surface area contributed by atoms with Gasteiger partial charge in [-0.15, -0.1) is 0 Å². The third-order valence-electron chi connectivity index (χ3n) is 4.97. The molecule has 0 aliphatic carbocycles. The van der Waals surface area contributed by atoms with Crippen molar-refractivity contribution in [3.05, 3.63) is 65.9 Å². The summed E-state index contributed by atoms with van der Waals surface area (Å²) in [5, 5.41) is 12.9. The first-order valence-corrected chi connectivity index (χ1v) is 11.6. The van der Waals surface area contributed by atoms with Crippen molar-refractivity contribution in [2.45, 2.75) is 39.0 Å². The van der Waals surface area contributed by atoms with E-state index in [0.717, 1.165) is 46.9 Å². The SMILES string of the molecule is CCCc1cccc2c(-c3ccccc3)c(CC(=O)NCCCCO)cnc12.COP=O. The molecule has 0 unspecified atom stereocenters. The molecule has 170 valence electrons. The first kappa shape index (κ1) is 25.6. The maximum Gasteiger partial charge on any atom is 0.327 e. The van der Waals surface area contributed by atoms with Gasteiger partial charge in [0, 0.05) is 31.8 Å². The zero-order valence-electron chi connectivity index (χ0n) is 18.7. The second-order valence-corrected chi connectivity index (χ2v) is 7.82. The van der Waals surface area contributed by atoms with Crippen molar-refractivity contribution in [1.29, 1.82) is 0 Å². The highest BCUT2D eigenvalue weighted by Gasteiger charge is 2.15. The molecule has 0 bridgehead atoms. The smallest absolute Gasteiger partial charge is 0.327 e. The van der Waals surface area contributed by atoms with Crippen LogP contribution in [-0.4, -0.2) is 36.3 Å². The summed E-state index contributed by atoms with van der Waals surface area (Å²) in [6, 6.07) is 16.6. The van der Waals surface area contributed by atoms with Gasteiger partial charge in [0.2, 0.25) is 5.91 Å². The normalized spacial score (nSPS) is 10.6. The van der Waals surface area contributed by atoms with Gasteiger partial charge in [0.15, 0.2) is 0 Å². The van der Waals surface area contributed by atoms with Crippen LogP contribution in [0.4, 0.5) is 0 Å². The molecule has 0 aliphatic heterocycles. The van der Waals surface area contributed by atoms with E-state index < -0.39 is 0 Å². The third-order valence-corrected chi connectivity index (χ3v) is 5.12. The molecule has 0 fully saturated rings. The Labute approximate surface area is 191 Å². The van der Waals surface area contributed by atoms with Crippen LogP contribution in [0.15, 0.2) is 54.7 Å². The van der Waals surface area contributed by atoms with Crippen LogP contribution in [0.5, 0.6) is 0 Å². The number of nitrogens with one attached hydrogen (secondary N) is 1. The predicted octanol–water partition coefficient (Wildman–Crippen LogP) is 5.13. The predicted molar refractivity (Wildman–Crippen MR) is 129 cm³/mol. The molecule has 6 nitrogen and oxygen atoms in total. The molecule has 7 heteroatoms. The molecule has 0 spiro atoms. The minimum absolute atomic E-state index is 0.0130. The molecule has 1 amide bonds. The van der Waals surface area contributed by atoms with Gasteiger partial charge in [0.1, 0.15) is 0 Å². The number of carbonyl (C=O) groups is 1. The fraction of sp³-hybridized carbons (Fsp3) is 0.360.